The van der Waals surface area contributed by atoms with Crippen molar-refractivity contribution in [2.75, 3.05) is 24.2 Å². The second kappa shape index (κ2) is 10.6. The lowest BCUT2D eigenvalue weighted by molar-refractivity contribution is 0.0952. The number of nitrogens with one attached hydrogen (secondary N) is 2. The summed E-state index contributed by atoms with van der Waals surface area (Å²) in [7, 11) is 0. The molecule has 1 aromatic carbocycles. The molecule has 0 radical (unpaired) electrons. The van der Waals surface area contributed by atoms with Crippen LogP contribution >= 0.6 is 27.7 Å². The lowest BCUT2D eigenvalue weighted by atomic mass is 10.2. The summed E-state index contributed by atoms with van der Waals surface area (Å²) in [6.07, 6.45) is 3.86. The molecule has 0 fully saturated rings. The second-order valence-corrected chi connectivity index (χ2v) is 8.48. The fraction of sp³-hybridized carbons (Fsp3) is 0.400. The number of benzene rings is 1. The van der Waals surface area contributed by atoms with Gasteiger partial charge in [-0.15, -0.1) is 0 Å². The fourth-order valence-corrected chi connectivity index (χ4v) is 3.83. The highest BCUT2D eigenvalue weighted by Crippen LogP contribution is 2.24. The summed E-state index contributed by atoms with van der Waals surface area (Å²) in [4.78, 5) is 21.7. The molecule has 0 bridgehead atoms. The van der Waals surface area contributed by atoms with E-state index in [1.54, 1.807) is 30.1 Å². The van der Waals surface area contributed by atoms with Gasteiger partial charge < -0.3 is 10.6 Å². The zero-order valence-electron chi connectivity index (χ0n) is 16.6. The highest BCUT2D eigenvalue weighted by molar-refractivity contribution is 9.10. The smallest absolute Gasteiger partial charge is 0.251 e. The summed E-state index contributed by atoms with van der Waals surface area (Å²) in [6.45, 7) is 6.10. The molecule has 2 heterocycles. The molecule has 9 heteroatoms. The van der Waals surface area contributed by atoms with Crippen molar-refractivity contribution in [2.24, 2.45) is 0 Å². The SMILES string of the molecule is CCCNc1nc(SCCC)nc2c1cnn2CCNC(=O)c1cccc(Br)c1. The number of halogens is 1. The Morgan fingerprint density at radius 3 is 2.83 bits per heavy atom. The number of thioether (sulfide) groups is 1. The Morgan fingerprint density at radius 1 is 1.21 bits per heavy atom. The lowest BCUT2D eigenvalue weighted by Gasteiger charge is -2.09. The van der Waals surface area contributed by atoms with Gasteiger partial charge in [-0.05, 0) is 31.0 Å². The van der Waals surface area contributed by atoms with Gasteiger partial charge >= 0.3 is 0 Å². The maximum atomic E-state index is 12.3. The Morgan fingerprint density at radius 2 is 2.07 bits per heavy atom. The van der Waals surface area contributed by atoms with Gasteiger partial charge in [0.15, 0.2) is 10.8 Å². The van der Waals surface area contributed by atoms with Crippen molar-refractivity contribution in [1.29, 1.82) is 0 Å². The molecule has 0 aliphatic rings. The summed E-state index contributed by atoms with van der Waals surface area (Å²) in [5.41, 5.74) is 1.41. The third kappa shape index (κ3) is 5.70. The van der Waals surface area contributed by atoms with E-state index in [0.29, 0.717) is 18.7 Å². The number of rotatable bonds is 10. The van der Waals surface area contributed by atoms with E-state index in [2.05, 4.69) is 50.5 Å². The topological polar surface area (TPSA) is 84.7 Å². The van der Waals surface area contributed by atoms with Crippen molar-refractivity contribution in [3.63, 3.8) is 0 Å². The zero-order valence-corrected chi connectivity index (χ0v) is 19.0. The number of hydrogen-bond donors (Lipinski definition) is 2. The Balaban J connectivity index is 1.73. The quantitative estimate of drug-likeness (QED) is 0.334. The highest BCUT2D eigenvalue weighted by Gasteiger charge is 2.13. The summed E-state index contributed by atoms with van der Waals surface area (Å²) in [5, 5.41) is 12.4. The molecule has 1 amide bonds. The first-order chi connectivity index (χ1) is 14.1. The summed E-state index contributed by atoms with van der Waals surface area (Å²) in [6, 6.07) is 7.33. The molecule has 0 saturated carbocycles. The number of nitrogens with zero attached hydrogens (tertiary/aromatic N) is 4. The number of hydrogen-bond acceptors (Lipinski definition) is 6. The Kier molecular flexibility index (Phi) is 7.88. The molecular formula is C20H25BrN6OS. The zero-order chi connectivity index (χ0) is 20.6. The molecule has 2 N–H and O–H groups in total. The van der Waals surface area contributed by atoms with Gasteiger partial charge in [-0.1, -0.05) is 47.6 Å². The van der Waals surface area contributed by atoms with Crippen molar-refractivity contribution in [2.45, 2.75) is 38.4 Å². The van der Waals surface area contributed by atoms with Crippen LogP contribution in [0, 0.1) is 0 Å². The first-order valence-electron chi connectivity index (χ1n) is 9.76. The number of amides is 1. The van der Waals surface area contributed by atoms with Gasteiger partial charge in [-0.3, -0.25) is 4.79 Å². The number of fused-ring (bicyclic) bond motifs is 1. The van der Waals surface area contributed by atoms with Crippen LogP contribution in [0.3, 0.4) is 0 Å². The van der Waals surface area contributed by atoms with E-state index in [1.807, 2.05) is 16.8 Å². The van der Waals surface area contributed by atoms with E-state index in [9.17, 15) is 4.79 Å². The molecule has 0 aliphatic carbocycles. The van der Waals surface area contributed by atoms with E-state index in [-0.39, 0.29) is 5.91 Å². The van der Waals surface area contributed by atoms with Gasteiger partial charge in [-0.2, -0.15) is 5.10 Å². The molecule has 2 aromatic heterocycles. The molecule has 0 atom stereocenters. The molecule has 0 aliphatic heterocycles. The van der Waals surface area contributed by atoms with Gasteiger partial charge in [0, 0.05) is 28.9 Å². The van der Waals surface area contributed by atoms with Crippen LogP contribution in [0.5, 0.6) is 0 Å². The van der Waals surface area contributed by atoms with E-state index in [1.165, 1.54) is 0 Å². The minimum atomic E-state index is -0.109. The van der Waals surface area contributed by atoms with Crippen LogP contribution in [0.2, 0.25) is 0 Å². The van der Waals surface area contributed by atoms with E-state index >= 15 is 0 Å². The standard InChI is InChI=1S/C20H25BrN6OS/c1-3-8-22-17-16-13-24-27(18(16)26-20(25-17)29-11-4-2)10-9-23-19(28)14-6-5-7-15(21)12-14/h5-7,12-13H,3-4,8-11H2,1-2H3,(H,23,28)(H,22,25,26). The van der Waals surface area contributed by atoms with Crippen molar-refractivity contribution in [3.05, 3.63) is 40.5 Å². The van der Waals surface area contributed by atoms with Crippen LogP contribution < -0.4 is 10.6 Å². The molecule has 0 saturated heterocycles. The van der Waals surface area contributed by atoms with Crippen LogP contribution in [-0.4, -0.2) is 44.5 Å². The second-order valence-electron chi connectivity index (χ2n) is 6.50. The summed E-state index contributed by atoms with van der Waals surface area (Å²) in [5.74, 6) is 1.68. The van der Waals surface area contributed by atoms with Crippen molar-refractivity contribution >= 4 is 50.5 Å². The molecule has 3 rings (SSSR count). The minimum absolute atomic E-state index is 0.109. The molecule has 0 spiro atoms. The number of aromatic nitrogens is 4. The Labute approximate surface area is 183 Å². The molecule has 29 heavy (non-hydrogen) atoms. The van der Waals surface area contributed by atoms with Crippen LogP contribution in [0.4, 0.5) is 5.82 Å². The van der Waals surface area contributed by atoms with Crippen LogP contribution in [-0.2, 0) is 6.54 Å². The molecule has 3 aromatic rings. The Bertz CT molecular complexity index is 977. The van der Waals surface area contributed by atoms with Gasteiger partial charge in [0.05, 0.1) is 18.1 Å². The third-order valence-corrected chi connectivity index (χ3v) is 5.70. The van der Waals surface area contributed by atoms with Gasteiger partial charge in [0.1, 0.15) is 5.82 Å². The van der Waals surface area contributed by atoms with Crippen molar-refractivity contribution in [3.8, 4) is 0 Å². The normalized spacial score (nSPS) is 11.0. The van der Waals surface area contributed by atoms with Crippen molar-refractivity contribution < 1.29 is 4.79 Å². The van der Waals surface area contributed by atoms with Gasteiger partial charge in [0.2, 0.25) is 0 Å². The summed E-state index contributed by atoms with van der Waals surface area (Å²) >= 11 is 5.04. The third-order valence-electron chi connectivity index (χ3n) is 4.15. The molecule has 7 nitrogen and oxygen atoms in total. The number of carbonyl (C=O) groups is 1. The summed E-state index contributed by atoms with van der Waals surface area (Å²) < 4.78 is 2.70. The average molecular weight is 477 g/mol. The monoisotopic (exact) mass is 476 g/mol. The van der Waals surface area contributed by atoms with Gasteiger partial charge in [-0.25, -0.2) is 14.6 Å². The number of anilines is 1. The fourth-order valence-electron chi connectivity index (χ4n) is 2.74. The van der Waals surface area contributed by atoms with Crippen LogP contribution in [0.1, 0.15) is 37.0 Å². The van der Waals surface area contributed by atoms with E-state index in [0.717, 1.165) is 51.6 Å². The molecule has 154 valence electrons. The van der Waals surface area contributed by atoms with E-state index in [4.69, 9.17) is 4.98 Å². The Hall–Kier alpha value is -2.13. The maximum Gasteiger partial charge on any atom is 0.251 e. The minimum Gasteiger partial charge on any atom is -0.369 e. The predicted octanol–water partition coefficient (Wildman–Crippen LogP) is 4.34. The first-order valence-corrected chi connectivity index (χ1v) is 11.5. The van der Waals surface area contributed by atoms with Crippen LogP contribution in [0.15, 0.2) is 40.1 Å². The lowest BCUT2D eigenvalue weighted by Crippen LogP contribution is -2.27. The molecular weight excluding hydrogens is 452 g/mol. The van der Waals surface area contributed by atoms with Crippen molar-refractivity contribution in [1.82, 2.24) is 25.1 Å². The van der Waals surface area contributed by atoms with E-state index < -0.39 is 0 Å². The maximum absolute atomic E-state index is 12.3. The number of carbonyl (C=O) groups excluding carboxylic acids is 1. The molecule has 0 unspecified atom stereocenters. The average Bonchev–Trinajstić information content (AvgIpc) is 3.13. The van der Waals surface area contributed by atoms with Crippen LogP contribution in [0.25, 0.3) is 11.0 Å². The largest absolute Gasteiger partial charge is 0.369 e. The van der Waals surface area contributed by atoms with Gasteiger partial charge in [0.25, 0.3) is 5.91 Å². The highest BCUT2D eigenvalue weighted by atomic mass is 79.9. The first kappa shape index (κ1) is 21.6. The predicted molar refractivity (Wildman–Crippen MR) is 122 cm³/mol.